The summed E-state index contributed by atoms with van der Waals surface area (Å²) < 4.78 is 0. The van der Waals surface area contributed by atoms with Crippen LogP contribution in [0.2, 0.25) is 0 Å². The fourth-order valence-electron chi connectivity index (χ4n) is 1.26. The molecule has 3 heteroatoms. The van der Waals surface area contributed by atoms with E-state index < -0.39 is 5.91 Å². The largest absolute Gasteiger partial charge is 0.349 e. The standard InChI is InChI=1S/C13H17NO2/c1-10(2)9-14-13(16)12(15)8-11-6-4-3-5-7-11/h3-7,10H,8-9H2,1-2H3,(H,14,16). The SMILES string of the molecule is CC(C)CNC(=O)C(=O)Cc1ccccc1. The first-order valence-corrected chi connectivity index (χ1v) is 5.44. The van der Waals surface area contributed by atoms with Crippen molar-refractivity contribution in [2.45, 2.75) is 20.3 Å². The van der Waals surface area contributed by atoms with Gasteiger partial charge in [-0.1, -0.05) is 44.2 Å². The summed E-state index contributed by atoms with van der Waals surface area (Å²) in [4.78, 5) is 22.9. The van der Waals surface area contributed by atoms with E-state index in [2.05, 4.69) is 5.32 Å². The summed E-state index contributed by atoms with van der Waals surface area (Å²) in [6, 6.07) is 9.28. The Bertz CT molecular complexity index is 357. The summed E-state index contributed by atoms with van der Waals surface area (Å²) in [5.74, 6) is -0.516. The normalized spacial score (nSPS) is 10.2. The van der Waals surface area contributed by atoms with Crippen LogP contribution in [-0.4, -0.2) is 18.2 Å². The lowest BCUT2D eigenvalue weighted by Gasteiger charge is -2.06. The van der Waals surface area contributed by atoms with Crippen LogP contribution in [0.15, 0.2) is 30.3 Å². The van der Waals surface area contributed by atoms with Gasteiger partial charge < -0.3 is 5.32 Å². The first kappa shape index (κ1) is 12.4. The molecule has 0 aliphatic carbocycles. The Balaban J connectivity index is 2.44. The zero-order valence-corrected chi connectivity index (χ0v) is 9.69. The maximum absolute atomic E-state index is 11.5. The average molecular weight is 219 g/mol. The van der Waals surface area contributed by atoms with Crippen molar-refractivity contribution in [2.75, 3.05) is 6.54 Å². The number of benzene rings is 1. The highest BCUT2D eigenvalue weighted by molar-refractivity contribution is 6.36. The van der Waals surface area contributed by atoms with Gasteiger partial charge in [0.1, 0.15) is 0 Å². The quantitative estimate of drug-likeness (QED) is 0.764. The molecule has 1 aromatic carbocycles. The van der Waals surface area contributed by atoms with Crippen molar-refractivity contribution < 1.29 is 9.59 Å². The van der Waals surface area contributed by atoms with E-state index in [9.17, 15) is 9.59 Å². The summed E-state index contributed by atoms with van der Waals surface area (Å²) in [5.41, 5.74) is 0.868. The number of carbonyl (C=O) groups excluding carboxylic acids is 2. The van der Waals surface area contributed by atoms with Crippen LogP contribution in [0.4, 0.5) is 0 Å². The van der Waals surface area contributed by atoms with E-state index in [1.165, 1.54) is 0 Å². The Morgan fingerprint density at radius 3 is 2.38 bits per heavy atom. The third-order valence-corrected chi connectivity index (χ3v) is 2.13. The Hall–Kier alpha value is -1.64. The zero-order chi connectivity index (χ0) is 12.0. The lowest BCUT2D eigenvalue weighted by molar-refractivity contribution is -0.137. The number of carbonyl (C=O) groups is 2. The number of hydrogen-bond acceptors (Lipinski definition) is 2. The van der Waals surface area contributed by atoms with Crippen molar-refractivity contribution in [2.24, 2.45) is 5.92 Å². The molecular weight excluding hydrogens is 202 g/mol. The lowest BCUT2D eigenvalue weighted by Crippen LogP contribution is -2.34. The lowest BCUT2D eigenvalue weighted by atomic mass is 10.1. The molecule has 0 atom stereocenters. The van der Waals surface area contributed by atoms with Gasteiger partial charge in [-0.2, -0.15) is 0 Å². The molecule has 1 rings (SSSR count). The van der Waals surface area contributed by atoms with E-state index in [1.54, 1.807) is 0 Å². The van der Waals surface area contributed by atoms with Crippen LogP contribution >= 0.6 is 0 Å². The van der Waals surface area contributed by atoms with Gasteiger partial charge in [0.25, 0.3) is 5.91 Å². The summed E-state index contributed by atoms with van der Waals surface area (Å²) in [7, 11) is 0. The molecule has 1 amide bonds. The number of nitrogens with one attached hydrogen (secondary N) is 1. The first-order valence-electron chi connectivity index (χ1n) is 5.44. The minimum Gasteiger partial charge on any atom is -0.349 e. The van der Waals surface area contributed by atoms with E-state index in [4.69, 9.17) is 0 Å². The molecule has 0 fully saturated rings. The van der Waals surface area contributed by atoms with Crippen LogP contribution in [0.25, 0.3) is 0 Å². The minimum absolute atomic E-state index is 0.171. The predicted molar refractivity (Wildman–Crippen MR) is 63.0 cm³/mol. The molecule has 0 saturated heterocycles. The van der Waals surface area contributed by atoms with Gasteiger partial charge >= 0.3 is 0 Å². The van der Waals surface area contributed by atoms with Crippen LogP contribution in [0.3, 0.4) is 0 Å². The Morgan fingerprint density at radius 2 is 1.81 bits per heavy atom. The van der Waals surface area contributed by atoms with E-state index in [0.717, 1.165) is 5.56 Å². The topological polar surface area (TPSA) is 46.2 Å². The molecule has 16 heavy (non-hydrogen) atoms. The van der Waals surface area contributed by atoms with Crippen LogP contribution in [0.1, 0.15) is 19.4 Å². The molecule has 0 spiro atoms. The number of hydrogen-bond donors (Lipinski definition) is 1. The molecule has 0 heterocycles. The highest BCUT2D eigenvalue weighted by atomic mass is 16.2. The molecular formula is C13H17NO2. The second-order valence-corrected chi connectivity index (χ2v) is 4.19. The second-order valence-electron chi connectivity index (χ2n) is 4.19. The van der Waals surface area contributed by atoms with E-state index in [-0.39, 0.29) is 12.2 Å². The fourth-order valence-corrected chi connectivity index (χ4v) is 1.26. The predicted octanol–water partition coefficient (Wildman–Crippen LogP) is 1.57. The second kappa shape index (κ2) is 6.05. The molecule has 0 bridgehead atoms. The Morgan fingerprint density at radius 1 is 1.19 bits per heavy atom. The molecule has 0 unspecified atom stereocenters. The van der Waals surface area contributed by atoms with Gasteiger partial charge in [-0.25, -0.2) is 0 Å². The van der Waals surface area contributed by atoms with E-state index in [0.29, 0.717) is 12.5 Å². The number of Topliss-reactive ketones (excluding diaryl/α,β-unsaturated/α-hetero) is 1. The van der Waals surface area contributed by atoms with Gasteiger partial charge in [-0.05, 0) is 11.5 Å². The fraction of sp³-hybridized carbons (Fsp3) is 0.385. The number of amides is 1. The van der Waals surface area contributed by atoms with Crippen molar-refractivity contribution in [3.05, 3.63) is 35.9 Å². The van der Waals surface area contributed by atoms with Crippen LogP contribution < -0.4 is 5.32 Å². The number of rotatable bonds is 5. The zero-order valence-electron chi connectivity index (χ0n) is 9.69. The van der Waals surface area contributed by atoms with Crippen molar-refractivity contribution >= 4 is 11.7 Å². The van der Waals surface area contributed by atoms with Gasteiger partial charge in [-0.3, -0.25) is 9.59 Å². The highest BCUT2D eigenvalue weighted by Gasteiger charge is 2.13. The monoisotopic (exact) mass is 219 g/mol. The Kier molecular flexibility index (Phi) is 4.70. The van der Waals surface area contributed by atoms with Crippen LogP contribution in [0.5, 0.6) is 0 Å². The third-order valence-electron chi connectivity index (χ3n) is 2.13. The smallest absolute Gasteiger partial charge is 0.287 e. The summed E-state index contributed by atoms with van der Waals surface area (Å²) in [5, 5.41) is 2.61. The maximum atomic E-state index is 11.5. The summed E-state index contributed by atoms with van der Waals surface area (Å²) in [6.07, 6.45) is 0.171. The van der Waals surface area contributed by atoms with E-state index >= 15 is 0 Å². The van der Waals surface area contributed by atoms with Crippen molar-refractivity contribution in [3.63, 3.8) is 0 Å². The van der Waals surface area contributed by atoms with Crippen LogP contribution in [0, 0.1) is 5.92 Å². The highest BCUT2D eigenvalue weighted by Crippen LogP contribution is 2.00. The molecule has 1 N–H and O–H groups in total. The maximum Gasteiger partial charge on any atom is 0.287 e. The average Bonchev–Trinajstić information content (AvgIpc) is 2.27. The van der Waals surface area contributed by atoms with E-state index in [1.807, 2.05) is 44.2 Å². The molecule has 3 nitrogen and oxygen atoms in total. The molecule has 0 aromatic heterocycles. The first-order chi connectivity index (χ1) is 7.59. The number of ketones is 1. The summed E-state index contributed by atoms with van der Waals surface area (Å²) in [6.45, 7) is 4.52. The summed E-state index contributed by atoms with van der Waals surface area (Å²) >= 11 is 0. The van der Waals surface area contributed by atoms with Crippen molar-refractivity contribution in [3.8, 4) is 0 Å². The molecule has 1 aromatic rings. The van der Waals surface area contributed by atoms with Gasteiger partial charge in [-0.15, -0.1) is 0 Å². The molecule has 0 aliphatic rings. The molecule has 86 valence electrons. The molecule has 0 aliphatic heterocycles. The molecule has 0 saturated carbocycles. The van der Waals surface area contributed by atoms with Gasteiger partial charge in [0.15, 0.2) is 0 Å². The van der Waals surface area contributed by atoms with Crippen molar-refractivity contribution in [1.29, 1.82) is 0 Å². The minimum atomic E-state index is -0.488. The van der Waals surface area contributed by atoms with Crippen LogP contribution in [-0.2, 0) is 16.0 Å². The Labute approximate surface area is 95.9 Å². The third kappa shape index (κ3) is 4.26. The van der Waals surface area contributed by atoms with Gasteiger partial charge in [0.2, 0.25) is 5.78 Å². The van der Waals surface area contributed by atoms with Gasteiger partial charge in [0.05, 0.1) is 0 Å². The van der Waals surface area contributed by atoms with Gasteiger partial charge in [0, 0.05) is 13.0 Å². The molecule has 0 radical (unpaired) electrons. The van der Waals surface area contributed by atoms with Crippen molar-refractivity contribution in [1.82, 2.24) is 5.32 Å².